The van der Waals surface area contributed by atoms with Crippen LogP contribution < -0.4 is 10.3 Å². The SMILES string of the molecule is O=c1[nH]cnc(Oc2cccc([N+](=O)[O-])c2Br)c1I. The molecule has 9 heteroatoms. The van der Waals surface area contributed by atoms with Gasteiger partial charge in [0.15, 0.2) is 5.75 Å². The molecule has 2 rings (SSSR count). The molecule has 0 fully saturated rings. The maximum atomic E-state index is 11.4. The van der Waals surface area contributed by atoms with Crippen LogP contribution in [0.3, 0.4) is 0 Å². The average molecular weight is 438 g/mol. The number of ether oxygens (including phenoxy) is 1. The third-order valence-electron chi connectivity index (χ3n) is 2.11. The molecule has 98 valence electrons. The van der Waals surface area contributed by atoms with E-state index in [0.29, 0.717) is 0 Å². The van der Waals surface area contributed by atoms with E-state index in [4.69, 9.17) is 4.74 Å². The first-order valence-corrected chi connectivity index (χ1v) is 6.72. The summed E-state index contributed by atoms with van der Waals surface area (Å²) in [6, 6.07) is 4.36. The van der Waals surface area contributed by atoms with Crippen LogP contribution in [0.1, 0.15) is 0 Å². The summed E-state index contributed by atoms with van der Waals surface area (Å²) in [6.07, 6.45) is 1.20. The van der Waals surface area contributed by atoms with Crippen LogP contribution in [0.25, 0.3) is 0 Å². The molecule has 0 bridgehead atoms. The molecule has 0 radical (unpaired) electrons. The lowest BCUT2D eigenvalue weighted by Gasteiger charge is -2.07. The summed E-state index contributed by atoms with van der Waals surface area (Å²) in [5, 5.41) is 10.8. The second-order valence-corrected chi connectivity index (χ2v) is 5.17. The average Bonchev–Trinajstić information content (AvgIpc) is 2.37. The minimum absolute atomic E-state index is 0.0885. The lowest BCUT2D eigenvalue weighted by molar-refractivity contribution is -0.385. The van der Waals surface area contributed by atoms with E-state index in [1.807, 2.05) is 0 Å². The Kier molecular flexibility index (Phi) is 4.14. The van der Waals surface area contributed by atoms with Crippen molar-refractivity contribution in [3.63, 3.8) is 0 Å². The maximum Gasteiger partial charge on any atom is 0.287 e. The summed E-state index contributed by atoms with van der Waals surface area (Å²) in [6.45, 7) is 0. The van der Waals surface area contributed by atoms with Crippen molar-refractivity contribution in [3.8, 4) is 11.6 Å². The number of nitrogens with zero attached hydrogens (tertiary/aromatic N) is 2. The number of H-pyrrole nitrogens is 1. The molecule has 2 aromatic rings. The minimum Gasteiger partial charge on any atom is -0.436 e. The van der Waals surface area contributed by atoms with Crippen LogP contribution in [0, 0.1) is 13.7 Å². The number of halogens is 2. The van der Waals surface area contributed by atoms with E-state index in [-0.39, 0.29) is 30.9 Å². The van der Waals surface area contributed by atoms with Crippen LogP contribution in [0.5, 0.6) is 11.6 Å². The zero-order valence-corrected chi connectivity index (χ0v) is 12.8. The lowest BCUT2D eigenvalue weighted by Crippen LogP contribution is -2.11. The van der Waals surface area contributed by atoms with Gasteiger partial charge in [-0.05, 0) is 44.6 Å². The first kappa shape index (κ1) is 13.9. The molecule has 0 aliphatic carbocycles. The van der Waals surface area contributed by atoms with Crippen molar-refractivity contribution in [2.24, 2.45) is 0 Å². The number of hydrogen-bond donors (Lipinski definition) is 1. The van der Waals surface area contributed by atoms with Crippen LogP contribution in [0.2, 0.25) is 0 Å². The summed E-state index contributed by atoms with van der Waals surface area (Å²) in [5.74, 6) is 0.302. The van der Waals surface area contributed by atoms with Gasteiger partial charge in [0.2, 0.25) is 5.88 Å². The Hall–Kier alpha value is -1.49. The van der Waals surface area contributed by atoms with Gasteiger partial charge in [0.25, 0.3) is 11.2 Å². The van der Waals surface area contributed by atoms with Gasteiger partial charge in [-0.3, -0.25) is 14.9 Å². The van der Waals surface area contributed by atoms with Gasteiger partial charge in [-0.25, -0.2) is 4.98 Å². The Labute approximate surface area is 128 Å². The number of nitro benzene ring substituents is 1. The number of hydrogen-bond acceptors (Lipinski definition) is 5. The van der Waals surface area contributed by atoms with Crippen molar-refractivity contribution in [2.75, 3.05) is 0 Å². The van der Waals surface area contributed by atoms with Gasteiger partial charge in [-0.1, -0.05) is 6.07 Å². The summed E-state index contributed by atoms with van der Waals surface area (Å²) in [5.41, 5.74) is -0.468. The highest BCUT2D eigenvalue weighted by Crippen LogP contribution is 2.36. The highest BCUT2D eigenvalue weighted by Gasteiger charge is 2.18. The summed E-state index contributed by atoms with van der Waals surface area (Å²) in [7, 11) is 0. The quantitative estimate of drug-likeness (QED) is 0.452. The normalized spacial score (nSPS) is 10.2. The fraction of sp³-hybridized carbons (Fsp3) is 0. The first-order chi connectivity index (χ1) is 9.00. The van der Waals surface area contributed by atoms with Gasteiger partial charge in [-0.15, -0.1) is 0 Å². The van der Waals surface area contributed by atoms with E-state index in [1.54, 1.807) is 22.6 Å². The smallest absolute Gasteiger partial charge is 0.287 e. The third-order valence-corrected chi connectivity index (χ3v) is 3.86. The number of nitrogens with one attached hydrogen (secondary N) is 1. The van der Waals surface area contributed by atoms with Gasteiger partial charge in [-0.2, -0.15) is 0 Å². The van der Waals surface area contributed by atoms with Crippen LogP contribution in [-0.2, 0) is 0 Å². The van der Waals surface area contributed by atoms with E-state index in [2.05, 4.69) is 25.9 Å². The molecule has 1 heterocycles. The third kappa shape index (κ3) is 2.92. The summed E-state index contributed by atoms with van der Waals surface area (Å²) >= 11 is 4.88. The van der Waals surface area contributed by atoms with Gasteiger partial charge in [0, 0.05) is 6.07 Å². The van der Waals surface area contributed by atoms with Crippen LogP contribution in [0.4, 0.5) is 5.69 Å². The molecule has 0 aliphatic heterocycles. The molecule has 19 heavy (non-hydrogen) atoms. The van der Waals surface area contributed by atoms with E-state index < -0.39 is 4.92 Å². The van der Waals surface area contributed by atoms with Crippen LogP contribution in [0.15, 0.2) is 33.8 Å². The number of benzene rings is 1. The summed E-state index contributed by atoms with van der Waals surface area (Å²) in [4.78, 5) is 27.9. The van der Waals surface area contributed by atoms with Gasteiger partial charge in [0.05, 0.1) is 11.3 Å². The predicted octanol–water partition coefficient (Wildman–Crippen LogP) is 2.84. The first-order valence-electron chi connectivity index (χ1n) is 4.84. The highest BCUT2D eigenvalue weighted by molar-refractivity contribution is 14.1. The van der Waals surface area contributed by atoms with E-state index >= 15 is 0 Å². The van der Waals surface area contributed by atoms with Gasteiger partial charge < -0.3 is 9.72 Å². The molecule has 1 N–H and O–H groups in total. The molecular weight excluding hydrogens is 433 g/mol. The molecule has 0 saturated heterocycles. The Morgan fingerprint density at radius 2 is 2.21 bits per heavy atom. The second-order valence-electron chi connectivity index (χ2n) is 3.30. The molecule has 0 amide bonds. The molecule has 0 saturated carbocycles. The van der Waals surface area contributed by atoms with Crippen molar-refractivity contribution in [1.29, 1.82) is 0 Å². The fourth-order valence-corrected chi connectivity index (χ4v) is 2.16. The number of aromatic nitrogens is 2. The largest absolute Gasteiger partial charge is 0.436 e. The zero-order valence-electron chi connectivity index (χ0n) is 9.09. The van der Waals surface area contributed by atoms with Crippen molar-refractivity contribution in [2.45, 2.75) is 0 Å². The molecule has 0 atom stereocenters. The standard InChI is InChI=1S/C10H5BrIN3O4/c11-7-5(15(17)18)2-1-3-6(7)19-10-8(12)9(16)13-4-14-10/h1-4H,(H,13,14,16). The fourth-order valence-electron chi connectivity index (χ4n) is 1.26. The minimum atomic E-state index is -0.535. The number of rotatable bonds is 3. The molecule has 0 unspecified atom stereocenters. The monoisotopic (exact) mass is 437 g/mol. The van der Waals surface area contributed by atoms with Crippen LogP contribution in [-0.4, -0.2) is 14.9 Å². The van der Waals surface area contributed by atoms with E-state index in [0.717, 1.165) is 0 Å². The molecule has 1 aromatic heterocycles. The maximum absolute atomic E-state index is 11.4. The van der Waals surface area contributed by atoms with E-state index in [1.165, 1.54) is 24.5 Å². The molecule has 1 aromatic carbocycles. The summed E-state index contributed by atoms with van der Waals surface area (Å²) < 4.78 is 5.88. The van der Waals surface area contributed by atoms with Crippen molar-refractivity contribution >= 4 is 44.2 Å². The zero-order chi connectivity index (χ0) is 14.0. The lowest BCUT2D eigenvalue weighted by atomic mass is 10.3. The Morgan fingerprint density at radius 3 is 2.89 bits per heavy atom. The Balaban J connectivity index is 2.44. The van der Waals surface area contributed by atoms with Gasteiger partial charge >= 0.3 is 0 Å². The molecule has 0 spiro atoms. The number of nitro groups is 1. The highest BCUT2D eigenvalue weighted by atomic mass is 127. The molecule has 0 aliphatic rings. The second kappa shape index (κ2) is 5.65. The number of aromatic amines is 1. The van der Waals surface area contributed by atoms with Crippen LogP contribution >= 0.6 is 38.5 Å². The van der Waals surface area contributed by atoms with Gasteiger partial charge in [0.1, 0.15) is 8.04 Å². The van der Waals surface area contributed by atoms with E-state index in [9.17, 15) is 14.9 Å². The predicted molar refractivity (Wildman–Crippen MR) is 78.4 cm³/mol. The van der Waals surface area contributed by atoms with Crippen molar-refractivity contribution in [3.05, 3.63) is 53.0 Å². The topological polar surface area (TPSA) is 98.1 Å². The van der Waals surface area contributed by atoms with Crippen molar-refractivity contribution in [1.82, 2.24) is 9.97 Å². The Bertz CT molecular complexity index is 703. The van der Waals surface area contributed by atoms with Crippen molar-refractivity contribution < 1.29 is 9.66 Å². The molecular formula is C10H5BrIN3O4. The Morgan fingerprint density at radius 1 is 1.47 bits per heavy atom. The molecule has 7 nitrogen and oxygen atoms in total.